The zero-order chi connectivity index (χ0) is 18.4. The lowest BCUT2D eigenvalue weighted by Gasteiger charge is -2.22. The summed E-state index contributed by atoms with van der Waals surface area (Å²) in [4.78, 5) is 12.7. The van der Waals surface area contributed by atoms with Crippen molar-refractivity contribution in [3.63, 3.8) is 0 Å². The quantitative estimate of drug-likeness (QED) is 0.711. The maximum Gasteiger partial charge on any atom is 0.265 e. The third-order valence-electron chi connectivity index (χ3n) is 4.86. The molecule has 134 valence electrons. The van der Waals surface area contributed by atoms with Crippen LogP contribution in [0.5, 0.6) is 5.75 Å². The summed E-state index contributed by atoms with van der Waals surface area (Å²) in [6, 6.07) is 13.9. The van der Waals surface area contributed by atoms with E-state index in [4.69, 9.17) is 4.74 Å². The van der Waals surface area contributed by atoms with Crippen molar-refractivity contribution in [1.82, 2.24) is 0 Å². The number of rotatable bonds is 7. The number of hydrogen-bond donors (Lipinski definition) is 1. The molecular formula is C22H29NO2. The van der Waals surface area contributed by atoms with Gasteiger partial charge in [0.05, 0.1) is 0 Å². The monoisotopic (exact) mass is 339 g/mol. The molecule has 2 aromatic rings. The molecule has 0 bridgehead atoms. The van der Waals surface area contributed by atoms with Crippen LogP contribution in [0.15, 0.2) is 42.5 Å². The molecule has 0 spiro atoms. The number of para-hydroxylation sites is 1. The van der Waals surface area contributed by atoms with E-state index >= 15 is 0 Å². The minimum Gasteiger partial charge on any atom is -0.480 e. The highest BCUT2D eigenvalue weighted by molar-refractivity contribution is 5.95. The van der Waals surface area contributed by atoms with Crippen LogP contribution in [0.1, 0.15) is 56.2 Å². The summed E-state index contributed by atoms with van der Waals surface area (Å²) in [5.74, 6) is 1.10. The van der Waals surface area contributed by atoms with E-state index in [1.807, 2.05) is 57.2 Å². The van der Waals surface area contributed by atoms with Crippen molar-refractivity contribution in [3.05, 3.63) is 59.2 Å². The molecule has 0 saturated carbocycles. The molecular weight excluding hydrogens is 310 g/mol. The van der Waals surface area contributed by atoms with Crippen molar-refractivity contribution in [3.8, 4) is 5.75 Å². The van der Waals surface area contributed by atoms with E-state index in [1.165, 1.54) is 0 Å². The molecule has 3 nitrogen and oxygen atoms in total. The van der Waals surface area contributed by atoms with Gasteiger partial charge in [0.1, 0.15) is 5.75 Å². The summed E-state index contributed by atoms with van der Waals surface area (Å²) < 4.78 is 6.11. The number of carbonyl (C=O) groups is 1. The largest absolute Gasteiger partial charge is 0.480 e. The highest BCUT2D eigenvalue weighted by Crippen LogP contribution is 2.29. The van der Waals surface area contributed by atoms with Crippen molar-refractivity contribution in [1.29, 1.82) is 0 Å². The van der Waals surface area contributed by atoms with Crippen molar-refractivity contribution >= 4 is 11.6 Å². The van der Waals surface area contributed by atoms with Gasteiger partial charge in [0, 0.05) is 5.69 Å². The number of carbonyl (C=O) groups excluding carboxylic acids is 1. The first-order valence-corrected chi connectivity index (χ1v) is 9.10. The fourth-order valence-corrected chi connectivity index (χ4v) is 2.79. The van der Waals surface area contributed by atoms with Crippen LogP contribution >= 0.6 is 0 Å². The molecule has 2 unspecified atom stereocenters. The lowest BCUT2D eigenvalue weighted by molar-refractivity contribution is -0.122. The minimum atomic E-state index is -0.509. The normalized spacial score (nSPS) is 13.2. The highest BCUT2D eigenvalue weighted by atomic mass is 16.5. The fourth-order valence-electron chi connectivity index (χ4n) is 2.79. The molecule has 0 fully saturated rings. The molecule has 0 aromatic heterocycles. The van der Waals surface area contributed by atoms with Gasteiger partial charge in [0.15, 0.2) is 6.10 Å². The van der Waals surface area contributed by atoms with Crippen LogP contribution in [0.4, 0.5) is 5.69 Å². The Labute approximate surface area is 151 Å². The van der Waals surface area contributed by atoms with Gasteiger partial charge in [-0.25, -0.2) is 0 Å². The Kier molecular flexibility index (Phi) is 6.63. The summed E-state index contributed by atoms with van der Waals surface area (Å²) in [7, 11) is 0. The van der Waals surface area contributed by atoms with Crippen molar-refractivity contribution < 1.29 is 9.53 Å². The number of benzene rings is 2. The van der Waals surface area contributed by atoms with E-state index in [9.17, 15) is 4.79 Å². The van der Waals surface area contributed by atoms with E-state index in [-0.39, 0.29) is 5.91 Å². The molecule has 25 heavy (non-hydrogen) atoms. The molecule has 1 amide bonds. The second kappa shape index (κ2) is 8.70. The predicted molar refractivity (Wildman–Crippen MR) is 104 cm³/mol. The first kappa shape index (κ1) is 19.0. The Morgan fingerprint density at radius 2 is 1.76 bits per heavy atom. The maximum absolute atomic E-state index is 12.7. The molecule has 0 aliphatic heterocycles. The predicted octanol–water partition coefficient (Wildman–Crippen LogP) is 5.61. The lowest BCUT2D eigenvalue weighted by atomic mass is 9.98. The molecule has 2 atom stereocenters. The van der Waals surface area contributed by atoms with Gasteiger partial charge in [-0.2, -0.15) is 0 Å². The Morgan fingerprint density at radius 1 is 1.04 bits per heavy atom. The fraction of sp³-hybridized carbons (Fsp3) is 0.409. The molecule has 0 aliphatic rings. The molecule has 0 saturated heterocycles. The Morgan fingerprint density at radius 3 is 2.44 bits per heavy atom. The first-order chi connectivity index (χ1) is 12.0. The number of hydrogen-bond acceptors (Lipinski definition) is 2. The van der Waals surface area contributed by atoms with Crippen LogP contribution < -0.4 is 10.1 Å². The standard InChI is InChI=1S/C22H29NO2/c1-6-15(3)18-12-8-9-14-21(18)25-20(7-2)22(24)23-19-13-10-11-16(4)17(19)5/h8-15,20H,6-7H2,1-5H3,(H,23,24). The van der Waals surface area contributed by atoms with E-state index in [2.05, 4.69) is 25.2 Å². The number of ether oxygens (including phenoxy) is 1. The molecule has 0 aliphatic carbocycles. The molecule has 2 aromatic carbocycles. The van der Waals surface area contributed by atoms with Crippen molar-refractivity contribution in [2.75, 3.05) is 5.32 Å². The van der Waals surface area contributed by atoms with Gasteiger partial charge in [0.2, 0.25) is 0 Å². The summed E-state index contributed by atoms with van der Waals surface area (Å²) >= 11 is 0. The van der Waals surface area contributed by atoms with Crippen molar-refractivity contribution in [2.45, 2.75) is 59.5 Å². The van der Waals surface area contributed by atoms with E-state index < -0.39 is 6.10 Å². The second-order valence-corrected chi connectivity index (χ2v) is 6.60. The average molecular weight is 339 g/mol. The minimum absolute atomic E-state index is 0.102. The Balaban J connectivity index is 2.17. The third kappa shape index (κ3) is 4.62. The van der Waals surface area contributed by atoms with Crippen LogP contribution in [0.3, 0.4) is 0 Å². The summed E-state index contributed by atoms with van der Waals surface area (Å²) in [6.07, 6.45) is 1.14. The SMILES string of the molecule is CCC(Oc1ccccc1C(C)CC)C(=O)Nc1cccc(C)c1C. The van der Waals surface area contributed by atoms with Crippen LogP contribution in [0.2, 0.25) is 0 Å². The smallest absolute Gasteiger partial charge is 0.265 e. The zero-order valence-electron chi connectivity index (χ0n) is 15.9. The van der Waals surface area contributed by atoms with Crippen LogP contribution in [0.25, 0.3) is 0 Å². The van der Waals surface area contributed by atoms with Gasteiger partial charge in [0.25, 0.3) is 5.91 Å². The average Bonchev–Trinajstić information content (AvgIpc) is 2.63. The van der Waals surface area contributed by atoms with Gasteiger partial charge in [-0.3, -0.25) is 4.79 Å². The van der Waals surface area contributed by atoms with E-state index in [0.717, 1.165) is 34.5 Å². The van der Waals surface area contributed by atoms with Crippen LogP contribution in [0, 0.1) is 13.8 Å². The number of anilines is 1. The maximum atomic E-state index is 12.7. The van der Waals surface area contributed by atoms with Gasteiger partial charge >= 0.3 is 0 Å². The first-order valence-electron chi connectivity index (χ1n) is 9.10. The van der Waals surface area contributed by atoms with Crippen molar-refractivity contribution in [2.24, 2.45) is 0 Å². The zero-order valence-corrected chi connectivity index (χ0v) is 15.9. The number of aryl methyl sites for hydroxylation is 1. The Hall–Kier alpha value is -2.29. The van der Waals surface area contributed by atoms with E-state index in [1.54, 1.807) is 0 Å². The second-order valence-electron chi connectivity index (χ2n) is 6.60. The van der Waals surface area contributed by atoms with Crippen LogP contribution in [-0.4, -0.2) is 12.0 Å². The molecule has 3 heteroatoms. The lowest BCUT2D eigenvalue weighted by Crippen LogP contribution is -2.33. The summed E-state index contributed by atoms with van der Waals surface area (Å²) in [5, 5.41) is 3.02. The summed E-state index contributed by atoms with van der Waals surface area (Å²) in [6.45, 7) is 10.4. The molecule has 2 rings (SSSR count). The molecule has 0 radical (unpaired) electrons. The Bertz CT molecular complexity index is 724. The topological polar surface area (TPSA) is 38.3 Å². The molecule has 1 N–H and O–H groups in total. The summed E-state index contributed by atoms with van der Waals surface area (Å²) in [5.41, 5.74) is 4.25. The van der Waals surface area contributed by atoms with Crippen LogP contribution in [-0.2, 0) is 4.79 Å². The number of nitrogens with one attached hydrogen (secondary N) is 1. The van der Waals surface area contributed by atoms with Gasteiger partial charge in [-0.05, 0) is 61.4 Å². The highest BCUT2D eigenvalue weighted by Gasteiger charge is 2.21. The number of amides is 1. The molecule has 0 heterocycles. The van der Waals surface area contributed by atoms with Gasteiger partial charge in [-0.1, -0.05) is 51.1 Å². The van der Waals surface area contributed by atoms with Gasteiger partial charge in [-0.15, -0.1) is 0 Å². The van der Waals surface area contributed by atoms with E-state index in [0.29, 0.717) is 12.3 Å². The van der Waals surface area contributed by atoms with Gasteiger partial charge < -0.3 is 10.1 Å². The third-order valence-corrected chi connectivity index (χ3v) is 4.86.